The monoisotopic (exact) mass is 372 g/mol. The highest BCUT2D eigenvalue weighted by Gasteiger charge is 2.20. The number of carbonyl (C=O) groups excluding carboxylic acids is 1. The van der Waals surface area contributed by atoms with E-state index in [9.17, 15) is 4.79 Å². The molecule has 0 spiro atoms. The largest absolute Gasteiger partial charge is 0.296 e. The molecule has 4 aromatic rings. The van der Waals surface area contributed by atoms with Gasteiger partial charge in [0.25, 0.3) is 0 Å². The van der Waals surface area contributed by atoms with Crippen molar-refractivity contribution in [3.8, 4) is 22.5 Å². The van der Waals surface area contributed by atoms with E-state index < -0.39 is 0 Å². The number of hydrogen-bond acceptors (Lipinski definition) is 3. The zero-order valence-electron chi connectivity index (χ0n) is 12.2. The summed E-state index contributed by atoms with van der Waals surface area (Å²) in [5.74, 6) is 0. The van der Waals surface area contributed by atoms with Crippen molar-refractivity contribution in [2.75, 3.05) is 0 Å². The number of aromatic nitrogens is 2. The Hall–Kier alpha value is -2.14. The van der Waals surface area contributed by atoms with Gasteiger partial charge in [-0.2, -0.15) is 0 Å². The summed E-state index contributed by atoms with van der Waals surface area (Å²) in [6.07, 6.45) is 0.819. The van der Waals surface area contributed by atoms with Gasteiger partial charge in [-0.15, -0.1) is 11.3 Å². The van der Waals surface area contributed by atoms with Crippen LogP contribution in [0, 0.1) is 0 Å². The van der Waals surface area contributed by atoms with Gasteiger partial charge in [0, 0.05) is 16.0 Å². The summed E-state index contributed by atoms with van der Waals surface area (Å²) >= 11 is 13.7. The van der Waals surface area contributed by atoms with Crippen LogP contribution in [0.3, 0.4) is 0 Å². The number of rotatable bonds is 3. The first-order valence-electron chi connectivity index (χ1n) is 7.15. The van der Waals surface area contributed by atoms with Crippen LogP contribution in [-0.2, 0) is 0 Å². The molecule has 0 saturated carbocycles. The molecule has 4 rings (SSSR count). The lowest BCUT2D eigenvalue weighted by Gasteiger charge is -2.04. The molecule has 0 radical (unpaired) electrons. The summed E-state index contributed by atoms with van der Waals surface area (Å²) in [6, 6.07) is 15.1. The van der Waals surface area contributed by atoms with Crippen LogP contribution in [0.15, 0.2) is 53.9 Å². The third-order valence-corrected chi connectivity index (χ3v) is 5.14. The first kappa shape index (κ1) is 15.4. The summed E-state index contributed by atoms with van der Waals surface area (Å²) in [4.78, 5) is 17.2. The molecular formula is C18H10Cl2N2OS. The number of thiazole rings is 1. The number of fused-ring (bicyclic) bond motifs is 1. The third-order valence-electron chi connectivity index (χ3n) is 3.77. The maximum atomic E-state index is 11.8. The quantitative estimate of drug-likeness (QED) is 0.422. The lowest BCUT2D eigenvalue weighted by Crippen LogP contribution is -1.94. The van der Waals surface area contributed by atoms with Crippen molar-refractivity contribution in [3.63, 3.8) is 0 Å². The molecule has 0 N–H and O–H groups in total. The molecule has 0 unspecified atom stereocenters. The minimum Gasteiger partial charge on any atom is -0.296 e. The Labute approximate surface area is 152 Å². The summed E-state index contributed by atoms with van der Waals surface area (Å²) < 4.78 is 1.87. The van der Waals surface area contributed by atoms with Crippen molar-refractivity contribution in [1.82, 2.24) is 9.38 Å². The maximum Gasteiger partial charge on any atom is 0.195 e. The smallest absolute Gasteiger partial charge is 0.195 e. The summed E-state index contributed by atoms with van der Waals surface area (Å²) in [7, 11) is 0. The van der Waals surface area contributed by atoms with Gasteiger partial charge in [0.05, 0.1) is 10.7 Å². The Kier molecular flexibility index (Phi) is 3.88. The number of imidazole rings is 1. The van der Waals surface area contributed by atoms with E-state index in [4.69, 9.17) is 23.2 Å². The summed E-state index contributed by atoms with van der Waals surface area (Å²) in [5, 5.41) is 3.01. The Balaban J connectivity index is 1.99. The van der Waals surface area contributed by atoms with Crippen molar-refractivity contribution < 1.29 is 4.79 Å². The van der Waals surface area contributed by atoms with Crippen molar-refractivity contribution in [2.45, 2.75) is 0 Å². The molecule has 3 nitrogen and oxygen atoms in total. The predicted molar refractivity (Wildman–Crippen MR) is 99.3 cm³/mol. The SMILES string of the molecule is O=Cc1c(-c2ccc(Cl)cc2Cl)nc2scc(-c3ccccc3)n12. The van der Waals surface area contributed by atoms with Crippen LogP contribution in [0.25, 0.3) is 27.5 Å². The fourth-order valence-electron chi connectivity index (χ4n) is 2.68. The predicted octanol–water partition coefficient (Wildman–Crippen LogP) is 5.85. The van der Waals surface area contributed by atoms with E-state index in [0.29, 0.717) is 27.0 Å². The first-order valence-corrected chi connectivity index (χ1v) is 8.78. The van der Waals surface area contributed by atoms with Crippen molar-refractivity contribution in [3.05, 3.63) is 69.7 Å². The molecule has 2 aromatic carbocycles. The molecule has 0 aliphatic carbocycles. The number of aldehydes is 1. The van der Waals surface area contributed by atoms with Crippen LogP contribution < -0.4 is 0 Å². The van der Waals surface area contributed by atoms with E-state index in [0.717, 1.165) is 22.5 Å². The van der Waals surface area contributed by atoms with Gasteiger partial charge in [-0.3, -0.25) is 9.20 Å². The van der Waals surface area contributed by atoms with Gasteiger partial charge in [-0.25, -0.2) is 4.98 Å². The molecule has 2 heterocycles. The molecule has 0 atom stereocenters. The average molecular weight is 373 g/mol. The van der Waals surface area contributed by atoms with Crippen LogP contribution >= 0.6 is 34.5 Å². The van der Waals surface area contributed by atoms with E-state index in [-0.39, 0.29) is 0 Å². The van der Waals surface area contributed by atoms with Gasteiger partial charge in [0.1, 0.15) is 11.4 Å². The lowest BCUT2D eigenvalue weighted by molar-refractivity contribution is 0.111. The van der Waals surface area contributed by atoms with Crippen LogP contribution in [0.4, 0.5) is 0 Å². The number of benzene rings is 2. The zero-order valence-corrected chi connectivity index (χ0v) is 14.6. The van der Waals surface area contributed by atoms with E-state index in [1.165, 1.54) is 11.3 Å². The second-order valence-electron chi connectivity index (χ2n) is 5.19. The number of nitrogens with zero attached hydrogens (tertiary/aromatic N) is 2. The van der Waals surface area contributed by atoms with Gasteiger partial charge >= 0.3 is 0 Å². The fraction of sp³-hybridized carbons (Fsp3) is 0. The molecule has 0 aliphatic rings. The second kappa shape index (κ2) is 6.06. The fourth-order valence-corrected chi connectivity index (χ4v) is 4.08. The topological polar surface area (TPSA) is 34.4 Å². The zero-order chi connectivity index (χ0) is 16.7. The van der Waals surface area contributed by atoms with Crippen LogP contribution in [0.1, 0.15) is 10.5 Å². The highest BCUT2D eigenvalue weighted by Crippen LogP contribution is 2.35. The minimum absolute atomic E-state index is 0.470. The van der Waals surface area contributed by atoms with E-state index in [1.807, 2.05) is 40.1 Å². The molecule has 6 heteroatoms. The maximum absolute atomic E-state index is 11.8. The molecule has 0 saturated heterocycles. The Morgan fingerprint density at radius 2 is 1.88 bits per heavy atom. The van der Waals surface area contributed by atoms with Gasteiger partial charge in [0.2, 0.25) is 0 Å². The molecule has 0 bridgehead atoms. The number of halogens is 2. The van der Waals surface area contributed by atoms with E-state index in [2.05, 4.69) is 4.98 Å². The van der Waals surface area contributed by atoms with Crippen molar-refractivity contribution >= 4 is 45.8 Å². The molecule has 0 fully saturated rings. The first-order chi connectivity index (χ1) is 11.7. The standard InChI is InChI=1S/C18H10Cl2N2OS/c19-12-6-7-13(14(20)8-12)17-15(9-23)22-16(10-24-18(22)21-17)11-4-2-1-3-5-11/h1-10H. The van der Waals surface area contributed by atoms with Crippen molar-refractivity contribution in [2.24, 2.45) is 0 Å². The van der Waals surface area contributed by atoms with E-state index >= 15 is 0 Å². The van der Waals surface area contributed by atoms with Gasteiger partial charge in [0.15, 0.2) is 11.2 Å². The molecule has 118 valence electrons. The molecule has 0 aliphatic heterocycles. The molecular weight excluding hydrogens is 363 g/mol. The molecule has 24 heavy (non-hydrogen) atoms. The van der Waals surface area contributed by atoms with Crippen molar-refractivity contribution in [1.29, 1.82) is 0 Å². The number of hydrogen-bond donors (Lipinski definition) is 0. The second-order valence-corrected chi connectivity index (χ2v) is 6.87. The number of carbonyl (C=O) groups is 1. The normalized spacial score (nSPS) is 11.1. The highest BCUT2D eigenvalue weighted by atomic mass is 35.5. The lowest BCUT2D eigenvalue weighted by atomic mass is 10.1. The van der Waals surface area contributed by atoms with Crippen LogP contribution in [0.5, 0.6) is 0 Å². The third kappa shape index (κ3) is 2.44. The summed E-state index contributed by atoms with van der Waals surface area (Å²) in [5.41, 5.74) is 3.70. The van der Waals surface area contributed by atoms with Crippen LogP contribution in [0.2, 0.25) is 10.0 Å². The Morgan fingerprint density at radius 1 is 1.08 bits per heavy atom. The highest BCUT2D eigenvalue weighted by molar-refractivity contribution is 7.15. The van der Waals surface area contributed by atoms with Gasteiger partial charge in [-0.05, 0) is 23.8 Å². The average Bonchev–Trinajstić information content (AvgIpc) is 3.14. The van der Waals surface area contributed by atoms with Gasteiger partial charge < -0.3 is 0 Å². The summed E-state index contributed by atoms with van der Waals surface area (Å²) in [6.45, 7) is 0. The van der Waals surface area contributed by atoms with Gasteiger partial charge in [-0.1, -0.05) is 53.5 Å². The Morgan fingerprint density at radius 3 is 2.58 bits per heavy atom. The Bertz CT molecular complexity index is 1050. The molecule has 0 amide bonds. The van der Waals surface area contributed by atoms with E-state index in [1.54, 1.807) is 18.2 Å². The minimum atomic E-state index is 0.470. The molecule has 2 aromatic heterocycles. The van der Waals surface area contributed by atoms with Crippen LogP contribution in [-0.4, -0.2) is 15.7 Å².